The molecule has 0 bridgehead atoms. The number of guanidine groups is 1. The first-order chi connectivity index (χ1) is 13.7. The van der Waals surface area contributed by atoms with Crippen LogP contribution in [0.3, 0.4) is 0 Å². The Morgan fingerprint density at radius 2 is 1.79 bits per heavy atom. The number of hydrogen-bond acceptors (Lipinski definition) is 7. The fraction of sp³-hybridized carbons (Fsp3) is 0.474. The number of aryl methyl sites for hydroxylation is 2. The monoisotopic (exact) mass is 377 g/mol. The van der Waals surface area contributed by atoms with Crippen LogP contribution in [0.25, 0.3) is 11.0 Å². The summed E-state index contributed by atoms with van der Waals surface area (Å²) in [6.45, 7) is 5.15. The number of fused-ring (bicyclic) bond motifs is 6. The van der Waals surface area contributed by atoms with E-state index in [-0.39, 0.29) is 5.66 Å². The number of aromatic nitrogens is 5. The summed E-state index contributed by atoms with van der Waals surface area (Å²) in [5.74, 6) is 3.61. The minimum absolute atomic E-state index is 0.120. The quantitative estimate of drug-likeness (QED) is 0.697. The molecule has 0 unspecified atom stereocenters. The van der Waals surface area contributed by atoms with Crippen molar-refractivity contribution in [3.8, 4) is 0 Å². The highest BCUT2D eigenvalue weighted by Gasteiger charge is 2.46. The van der Waals surface area contributed by atoms with Crippen molar-refractivity contribution in [1.82, 2.24) is 29.7 Å². The maximum absolute atomic E-state index is 5.02. The smallest absolute Gasteiger partial charge is 0.216 e. The van der Waals surface area contributed by atoms with Gasteiger partial charge in [0.1, 0.15) is 30.6 Å². The first-order valence-corrected chi connectivity index (χ1v) is 9.88. The third kappa shape index (κ3) is 2.01. The molecule has 3 aromatic rings. The van der Waals surface area contributed by atoms with Gasteiger partial charge in [0, 0.05) is 0 Å². The summed E-state index contributed by atoms with van der Waals surface area (Å²) >= 11 is 0. The highest BCUT2D eigenvalue weighted by molar-refractivity contribution is 5.99. The number of benzene rings is 1. The minimum Gasteiger partial charge on any atom is -0.332 e. The standard InChI is InChI=1S/C19H23N9/c1-13-23-24-14(2)28(13)25-11-20-17-22-19(9-5-6-10-19)27-16-8-4-3-7-15(16)21-18(27)26(17)12-25/h3-4,7-8H,5-6,9-12H2,1-2H3,(H,20,22). The maximum atomic E-state index is 5.02. The van der Waals surface area contributed by atoms with Crippen molar-refractivity contribution in [3.05, 3.63) is 35.9 Å². The summed E-state index contributed by atoms with van der Waals surface area (Å²) < 4.78 is 4.44. The Kier molecular flexibility index (Phi) is 3.10. The van der Waals surface area contributed by atoms with Gasteiger partial charge in [0.05, 0.1) is 11.0 Å². The molecule has 1 fully saturated rings. The Balaban J connectivity index is 1.51. The molecule has 1 saturated carbocycles. The van der Waals surface area contributed by atoms with Crippen molar-refractivity contribution in [2.75, 3.05) is 23.2 Å². The molecule has 3 aliphatic rings. The number of nitrogens with one attached hydrogen (secondary N) is 1. The van der Waals surface area contributed by atoms with Gasteiger partial charge in [-0.1, -0.05) is 12.1 Å². The Bertz CT molecular complexity index is 1080. The van der Waals surface area contributed by atoms with Gasteiger partial charge in [0.25, 0.3) is 0 Å². The zero-order valence-corrected chi connectivity index (χ0v) is 16.1. The first-order valence-electron chi connectivity index (χ1n) is 9.88. The van der Waals surface area contributed by atoms with Crippen LogP contribution in [0.1, 0.15) is 37.3 Å². The fourth-order valence-electron chi connectivity index (χ4n) is 4.96. The van der Waals surface area contributed by atoms with Crippen LogP contribution in [0.4, 0.5) is 5.95 Å². The van der Waals surface area contributed by atoms with Crippen LogP contribution < -0.4 is 15.2 Å². The second-order valence-electron chi connectivity index (χ2n) is 7.90. The van der Waals surface area contributed by atoms with Crippen LogP contribution in [0.15, 0.2) is 29.3 Å². The lowest BCUT2D eigenvalue weighted by Crippen LogP contribution is -2.64. The van der Waals surface area contributed by atoms with Crippen LogP contribution in [-0.2, 0) is 5.66 Å². The van der Waals surface area contributed by atoms with Gasteiger partial charge in [-0.05, 0) is 51.7 Å². The molecule has 0 saturated heterocycles. The third-order valence-electron chi connectivity index (χ3n) is 6.17. The minimum atomic E-state index is -0.120. The normalized spacial score (nSPS) is 20.3. The van der Waals surface area contributed by atoms with Gasteiger partial charge in [0.2, 0.25) is 11.9 Å². The molecular formula is C19H23N9. The number of rotatable bonds is 1. The molecule has 6 rings (SSSR count). The highest BCUT2D eigenvalue weighted by Crippen LogP contribution is 2.42. The summed E-state index contributed by atoms with van der Waals surface area (Å²) in [5, 5.41) is 14.3. The topological polar surface area (TPSA) is 79.4 Å². The van der Waals surface area contributed by atoms with Crippen LogP contribution in [0.5, 0.6) is 0 Å². The van der Waals surface area contributed by atoms with E-state index in [2.05, 4.69) is 54.3 Å². The van der Waals surface area contributed by atoms with Crippen LogP contribution in [-0.4, -0.2) is 43.7 Å². The van der Waals surface area contributed by atoms with E-state index in [1.54, 1.807) is 0 Å². The van der Waals surface area contributed by atoms with Crippen molar-refractivity contribution in [1.29, 1.82) is 0 Å². The SMILES string of the molecule is Cc1nnc(C)n1N1CN=C2NC3(CCCC3)n3c(nc4ccccc43)N2C1. The van der Waals surface area contributed by atoms with E-state index in [4.69, 9.17) is 9.98 Å². The molecule has 144 valence electrons. The number of para-hydroxylation sites is 2. The lowest BCUT2D eigenvalue weighted by Gasteiger charge is -2.47. The lowest BCUT2D eigenvalue weighted by molar-refractivity contribution is 0.259. The molecular weight excluding hydrogens is 354 g/mol. The second kappa shape index (κ2) is 5.46. The molecule has 4 heterocycles. The largest absolute Gasteiger partial charge is 0.332 e. The predicted octanol–water partition coefficient (Wildman–Crippen LogP) is 1.80. The molecule has 28 heavy (non-hydrogen) atoms. The van der Waals surface area contributed by atoms with Gasteiger partial charge in [-0.15, -0.1) is 10.2 Å². The van der Waals surface area contributed by atoms with Gasteiger partial charge < -0.3 is 5.32 Å². The van der Waals surface area contributed by atoms with E-state index >= 15 is 0 Å². The van der Waals surface area contributed by atoms with Gasteiger partial charge in [-0.2, -0.15) is 0 Å². The molecule has 9 nitrogen and oxygen atoms in total. The van der Waals surface area contributed by atoms with Crippen molar-refractivity contribution >= 4 is 22.9 Å². The zero-order valence-electron chi connectivity index (χ0n) is 16.1. The predicted molar refractivity (Wildman–Crippen MR) is 107 cm³/mol. The highest BCUT2D eigenvalue weighted by atomic mass is 15.7. The summed E-state index contributed by atoms with van der Waals surface area (Å²) in [5.41, 5.74) is 2.09. The molecule has 0 radical (unpaired) electrons. The summed E-state index contributed by atoms with van der Waals surface area (Å²) in [7, 11) is 0. The fourth-order valence-corrected chi connectivity index (χ4v) is 4.96. The van der Waals surface area contributed by atoms with Crippen LogP contribution >= 0.6 is 0 Å². The molecule has 2 aliphatic heterocycles. The van der Waals surface area contributed by atoms with E-state index in [0.29, 0.717) is 13.3 Å². The van der Waals surface area contributed by atoms with E-state index in [0.717, 1.165) is 41.9 Å². The second-order valence-corrected chi connectivity index (χ2v) is 7.90. The van der Waals surface area contributed by atoms with Gasteiger partial charge in [0.15, 0.2) is 0 Å². The van der Waals surface area contributed by atoms with Crippen molar-refractivity contribution in [3.63, 3.8) is 0 Å². The Hall–Kier alpha value is -3.10. The Morgan fingerprint density at radius 3 is 2.57 bits per heavy atom. The number of imidazole rings is 1. The number of anilines is 1. The average Bonchev–Trinajstić information content (AvgIpc) is 3.40. The van der Waals surface area contributed by atoms with E-state index in [1.165, 1.54) is 18.4 Å². The molecule has 1 N–H and O–H groups in total. The van der Waals surface area contributed by atoms with Crippen LogP contribution in [0.2, 0.25) is 0 Å². The van der Waals surface area contributed by atoms with Gasteiger partial charge >= 0.3 is 0 Å². The lowest BCUT2D eigenvalue weighted by atomic mass is 10.1. The van der Waals surface area contributed by atoms with Gasteiger partial charge in [-0.25, -0.2) is 14.7 Å². The Labute approximate surface area is 162 Å². The Morgan fingerprint density at radius 1 is 1.04 bits per heavy atom. The maximum Gasteiger partial charge on any atom is 0.216 e. The summed E-state index contributed by atoms with van der Waals surface area (Å²) in [6, 6.07) is 8.41. The molecule has 9 heteroatoms. The van der Waals surface area contributed by atoms with E-state index < -0.39 is 0 Å². The molecule has 1 spiro atoms. The number of hydrogen-bond donors (Lipinski definition) is 1. The third-order valence-corrected chi connectivity index (χ3v) is 6.17. The van der Waals surface area contributed by atoms with E-state index in [9.17, 15) is 0 Å². The summed E-state index contributed by atoms with van der Waals surface area (Å²) in [4.78, 5) is 12.1. The summed E-state index contributed by atoms with van der Waals surface area (Å²) in [6.07, 6.45) is 4.63. The van der Waals surface area contributed by atoms with Crippen molar-refractivity contribution in [2.24, 2.45) is 4.99 Å². The number of aliphatic imine (C=N–C) groups is 1. The first kappa shape index (κ1) is 15.9. The molecule has 0 atom stereocenters. The van der Waals surface area contributed by atoms with E-state index in [1.807, 2.05) is 18.5 Å². The van der Waals surface area contributed by atoms with Crippen LogP contribution in [0, 0.1) is 13.8 Å². The average molecular weight is 377 g/mol. The van der Waals surface area contributed by atoms with Crippen molar-refractivity contribution in [2.45, 2.75) is 45.2 Å². The molecule has 0 amide bonds. The molecule has 1 aromatic carbocycles. The zero-order chi connectivity index (χ0) is 18.9. The molecule has 2 aromatic heterocycles. The van der Waals surface area contributed by atoms with Crippen molar-refractivity contribution < 1.29 is 0 Å². The molecule has 1 aliphatic carbocycles. The van der Waals surface area contributed by atoms with Gasteiger partial charge in [-0.3, -0.25) is 14.5 Å². The number of nitrogens with zero attached hydrogens (tertiary/aromatic N) is 8.